The number of rotatable bonds is 4. The summed E-state index contributed by atoms with van der Waals surface area (Å²) in [4.78, 5) is 26.2. The van der Waals surface area contributed by atoms with Gasteiger partial charge in [-0.15, -0.1) is 0 Å². The number of carboxylic acid groups (broad SMARTS) is 1. The molecule has 1 saturated carbocycles. The maximum Gasteiger partial charge on any atom is 0.308 e. The van der Waals surface area contributed by atoms with Gasteiger partial charge in [0.25, 0.3) is 5.91 Å². The zero-order valence-electron chi connectivity index (χ0n) is 14.7. The summed E-state index contributed by atoms with van der Waals surface area (Å²) in [6.07, 6.45) is 3.17. The van der Waals surface area contributed by atoms with Crippen LogP contribution < -0.4 is 0 Å². The molecule has 1 N–H and O–H groups in total. The van der Waals surface area contributed by atoms with Crippen LogP contribution in [0.4, 0.5) is 0 Å². The van der Waals surface area contributed by atoms with Crippen molar-refractivity contribution in [2.75, 3.05) is 19.3 Å². The molecule has 2 fully saturated rings. The Balaban J connectivity index is 1.93. The molecule has 1 saturated heterocycles. The minimum atomic E-state index is -3.42. The fraction of sp³-hybridized carbons (Fsp3) is 0.556. The van der Waals surface area contributed by atoms with E-state index in [1.165, 1.54) is 6.07 Å². The molecule has 1 aromatic rings. The number of sulfone groups is 1. The van der Waals surface area contributed by atoms with Gasteiger partial charge in [-0.05, 0) is 61.8 Å². The van der Waals surface area contributed by atoms with Crippen molar-refractivity contribution in [3.8, 4) is 0 Å². The van der Waals surface area contributed by atoms with Crippen molar-refractivity contribution in [3.05, 3.63) is 28.8 Å². The van der Waals surface area contributed by atoms with Gasteiger partial charge in [0.05, 0.1) is 10.8 Å². The number of aryl methyl sites for hydroxylation is 1. The van der Waals surface area contributed by atoms with Crippen LogP contribution in [0, 0.1) is 31.6 Å². The molecule has 3 rings (SSSR count). The van der Waals surface area contributed by atoms with Gasteiger partial charge in [-0.1, -0.05) is 0 Å². The molecule has 1 amide bonds. The molecule has 1 aliphatic heterocycles. The summed E-state index contributed by atoms with van der Waals surface area (Å²) in [7, 11) is -3.42. The highest BCUT2D eigenvalue weighted by atomic mass is 32.2. The summed E-state index contributed by atoms with van der Waals surface area (Å²) in [5.74, 6) is -1.27. The lowest BCUT2D eigenvalue weighted by atomic mass is 9.92. The zero-order chi connectivity index (χ0) is 18.5. The molecule has 7 heteroatoms. The molecule has 2 aliphatic rings. The van der Waals surface area contributed by atoms with Crippen LogP contribution in [0.1, 0.15) is 34.3 Å². The lowest BCUT2D eigenvalue weighted by Gasteiger charge is -2.19. The first-order valence-corrected chi connectivity index (χ1v) is 10.3. The van der Waals surface area contributed by atoms with E-state index in [0.29, 0.717) is 18.0 Å². The summed E-state index contributed by atoms with van der Waals surface area (Å²) in [5, 5.41) is 9.46. The summed E-state index contributed by atoms with van der Waals surface area (Å²) >= 11 is 0. The normalized spacial score (nSPS) is 23.7. The van der Waals surface area contributed by atoms with Gasteiger partial charge in [0, 0.05) is 24.9 Å². The third-order valence-corrected chi connectivity index (χ3v) is 6.59. The monoisotopic (exact) mass is 365 g/mol. The topological polar surface area (TPSA) is 91.8 Å². The second-order valence-corrected chi connectivity index (χ2v) is 9.36. The predicted octanol–water partition coefficient (Wildman–Crippen LogP) is 1.89. The van der Waals surface area contributed by atoms with E-state index < -0.39 is 21.7 Å². The maximum absolute atomic E-state index is 13.0. The van der Waals surface area contributed by atoms with Gasteiger partial charge in [0.15, 0.2) is 9.84 Å². The number of amides is 1. The van der Waals surface area contributed by atoms with Crippen molar-refractivity contribution in [1.82, 2.24) is 4.90 Å². The van der Waals surface area contributed by atoms with E-state index in [1.807, 2.05) is 0 Å². The minimum absolute atomic E-state index is 0.000874. The van der Waals surface area contributed by atoms with Gasteiger partial charge >= 0.3 is 5.97 Å². The van der Waals surface area contributed by atoms with Crippen molar-refractivity contribution in [2.45, 2.75) is 31.6 Å². The number of hydrogen-bond donors (Lipinski definition) is 1. The second kappa shape index (κ2) is 6.12. The summed E-state index contributed by atoms with van der Waals surface area (Å²) in [6, 6.07) is 2.98. The zero-order valence-corrected chi connectivity index (χ0v) is 15.5. The molecule has 2 atom stereocenters. The van der Waals surface area contributed by atoms with Crippen molar-refractivity contribution in [2.24, 2.45) is 17.8 Å². The lowest BCUT2D eigenvalue weighted by Crippen LogP contribution is -2.30. The molecule has 6 nitrogen and oxygen atoms in total. The number of hydrogen-bond acceptors (Lipinski definition) is 4. The van der Waals surface area contributed by atoms with Gasteiger partial charge in [-0.25, -0.2) is 8.42 Å². The standard InChI is InChI=1S/C18H23NO5S/c1-10-6-13(25(3,23)24)7-14(11(10)2)17(20)19-8-15(12-4-5-12)16(9-19)18(21)22/h6-7,12,15-16H,4-5,8-9H2,1-3H3,(H,21,22)/t15-,16+/m1/s1. The molecule has 0 unspecified atom stereocenters. The predicted molar refractivity (Wildman–Crippen MR) is 92.3 cm³/mol. The number of carboxylic acids is 1. The molecule has 0 radical (unpaired) electrons. The highest BCUT2D eigenvalue weighted by Gasteiger charge is 2.47. The Kier molecular flexibility index (Phi) is 4.39. The van der Waals surface area contributed by atoms with E-state index in [2.05, 4.69) is 0 Å². The van der Waals surface area contributed by atoms with Crippen LogP contribution in [0.25, 0.3) is 0 Å². The van der Waals surface area contributed by atoms with Crippen LogP contribution in [-0.4, -0.2) is 49.6 Å². The van der Waals surface area contributed by atoms with Gasteiger partial charge < -0.3 is 10.0 Å². The minimum Gasteiger partial charge on any atom is -0.481 e. The molecular weight excluding hydrogens is 342 g/mol. The summed E-state index contributed by atoms with van der Waals surface area (Å²) in [6.45, 7) is 4.19. The first-order valence-electron chi connectivity index (χ1n) is 8.43. The Hall–Kier alpha value is -1.89. The first kappa shape index (κ1) is 17.9. The Morgan fingerprint density at radius 2 is 1.80 bits per heavy atom. The van der Waals surface area contributed by atoms with Crippen LogP contribution in [0.3, 0.4) is 0 Å². The molecule has 1 aromatic carbocycles. The van der Waals surface area contributed by atoms with Gasteiger partial charge in [-0.3, -0.25) is 9.59 Å². The lowest BCUT2D eigenvalue weighted by molar-refractivity contribution is -0.142. The smallest absolute Gasteiger partial charge is 0.308 e. The summed E-state index contributed by atoms with van der Waals surface area (Å²) in [5.41, 5.74) is 1.82. The fourth-order valence-corrected chi connectivity index (χ4v) is 4.41. The molecule has 0 bridgehead atoms. The Bertz CT molecular complexity index is 841. The molecule has 0 spiro atoms. The number of benzene rings is 1. The summed E-state index contributed by atoms with van der Waals surface area (Å²) < 4.78 is 23.8. The molecule has 0 aromatic heterocycles. The number of likely N-dealkylation sites (tertiary alicyclic amines) is 1. The van der Waals surface area contributed by atoms with E-state index in [4.69, 9.17) is 0 Å². The van der Waals surface area contributed by atoms with E-state index in [9.17, 15) is 23.1 Å². The third kappa shape index (κ3) is 3.42. The van der Waals surface area contributed by atoms with Crippen LogP contribution in [0.5, 0.6) is 0 Å². The van der Waals surface area contributed by atoms with Gasteiger partial charge in [0.1, 0.15) is 0 Å². The van der Waals surface area contributed by atoms with Gasteiger partial charge in [-0.2, -0.15) is 0 Å². The van der Waals surface area contributed by atoms with E-state index >= 15 is 0 Å². The van der Waals surface area contributed by atoms with Crippen LogP contribution >= 0.6 is 0 Å². The van der Waals surface area contributed by atoms with Crippen molar-refractivity contribution in [1.29, 1.82) is 0 Å². The maximum atomic E-state index is 13.0. The van der Waals surface area contributed by atoms with Crippen LogP contribution in [-0.2, 0) is 14.6 Å². The number of aliphatic carboxylic acids is 1. The molecular formula is C18H23NO5S. The quantitative estimate of drug-likeness (QED) is 0.880. The second-order valence-electron chi connectivity index (χ2n) is 7.34. The Morgan fingerprint density at radius 1 is 1.16 bits per heavy atom. The Labute approximate surface area is 147 Å². The highest BCUT2D eigenvalue weighted by molar-refractivity contribution is 7.90. The molecule has 1 aliphatic carbocycles. The van der Waals surface area contributed by atoms with Crippen molar-refractivity contribution >= 4 is 21.7 Å². The van der Waals surface area contributed by atoms with Crippen molar-refractivity contribution in [3.63, 3.8) is 0 Å². The SMILES string of the molecule is Cc1cc(S(C)(=O)=O)cc(C(=O)N2C[C@H](C(=O)O)[C@@H](C3CC3)C2)c1C. The molecule has 136 valence electrons. The van der Waals surface area contributed by atoms with E-state index in [-0.39, 0.29) is 23.3 Å². The Morgan fingerprint density at radius 3 is 2.32 bits per heavy atom. The first-order chi connectivity index (χ1) is 11.6. The van der Waals surface area contributed by atoms with E-state index in [1.54, 1.807) is 24.8 Å². The number of carbonyl (C=O) groups is 2. The highest BCUT2D eigenvalue weighted by Crippen LogP contribution is 2.44. The molecule has 1 heterocycles. The van der Waals surface area contributed by atoms with E-state index in [0.717, 1.165) is 30.2 Å². The van der Waals surface area contributed by atoms with Crippen molar-refractivity contribution < 1.29 is 23.1 Å². The average molecular weight is 365 g/mol. The number of carbonyl (C=O) groups excluding carboxylic acids is 1. The van der Waals surface area contributed by atoms with Crippen LogP contribution in [0.2, 0.25) is 0 Å². The van der Waals surface area contributed by atoms with Crippen LogP contribution in [0.15, 0.2) is 17.0 Å². The van der Waals surface area contributed by atoms with Gasteiger partial charge in [0.2, 0.25) is 0 Å². The average Bonchev–Trinajstić information content (AvgIpc) is 3.26. The fourth-order valence-electron chi connectivity index (χ4n) is 3.69. The largest absolute Gasteiger partial charge is 0.481 e. The molecule has 25 heavy (non-hydrogen) atoms. The third-order valence-electron chi connectivity index (χ3n) is 5.50. The number of nitrogens with zero attached hydrogens (tertiary/aromatic N) is 1.